The normalized spacial score (nSPS) is 20.5. The Morgan fingerprint density at radius 2 is 0.920 bits per heavy atom. The topological polar surface area (TPSA) is 66.4 Å². The second-order valence-corrected chi connectivity index (χ2v) is 12.6. The summed E-state index contributed by atoms with van der Waals surface area (Å²) in [7, 11) is 0. The summed E-state index contributed by atoms with van der Waals surface area (Å²) in [6.07, 6.45) is -3.06. The number of benzene rings is 6. The molecule has 1 fully saturated rings. The van der Waals surface area contributed by atoms with E-state index >= 15 is 0 Å². The van der Waals surface area contributed by atoms with Crippen LogP contribution in [-0.2, 0) is 50.1 Å². The predicted molar refractivity (Wildman–Crippen MR) is 194 cm³/mol. The molecule has 254 valence electrons. The van der Waals surface area contributed by atoms with Crippen LogP contribution in [0.4, 0.5) is 0 Å². The maximum absolute atomic E-state index is 11.5. The monoisotopic (exact) mass is 666 g/mol. The van der Waals surface area contributed by atoms with Crippen LogP contribution in [0, 0.1) is 0 Å². The van der Waals surface area contributed by atoms with Crippen LogP contribution in [0.15, 0.2) is 158 Å². The number of hydrogen-bond acceptors (Lipinski definition) is 6. The maximum atomic E-state index is 11.5. The molecule has 0 spiro atoms. The Bertz CT molecular complexity index is 1900. The van der Waals surface area contributed by atoms with Crippen LogP contribution in [0.3, 0.4) is 0 Å². The fraction of sp³-hybridized carbons (Fsp3) is 0.227. The van der Waals surface area contributed by atoms with Gasteiger partial charge in [0.2, 0.25) is 0 Å². The molecule has 1 N–H and O–H groups in total. The summed E-state index contributed by atoms with van der Waals surface area (Å²) >= 11 is 0. The van der Waals surface area contributed by atoms with E-state index in [0.717, 1.165) is 33.0 Å². The Morgan fingerprint density at radius 3 is 1.48 bits per heavy atom. The van der Waals surface area contributed by atoms with Crippen molar-refractivity contribution in [3.8, 4) is 5.75 Å². The van der Waals surface area contributed by atoms with Crippen molar-refractivity contribution in [2.45, 2.75) is 56.9 Å². The van der Waals surface area contributed by atoms with Crippen molar-refractivity contribution in [3.63, 3.8) is 0 Å². The van der Waals surface area contributed by atoms with Gasteiger partial charge >= 0.3 is 0 Å². The zero-order valence-electron chi connectivity index (χ0n) is 27.9. The highest BCUT2D eigenvalue weighted by Gasteiger charge is 2.50. The van der Waals surface area contributed by atoms with Crippen LogP contribution in [-0.4, -0.2) is 36.1 Å². The SMILES string of the molecule is Oc1ccc2ccccc2c1[C@@H]1O[C@H](COCc2ccccc2)[C@H](OCc2ccccc2)[C@H](OCc2ccccc2)[C@H]1OCc1ccccc1. The molecule has 0 aromatic heterocycles. The third kappa shape index (κ3) is 8.30. The zero-order valence-corrected chi connectivity index (χ0v) is 27.9. The number of fused-ring (bicyclic) bond motifs is 1. The Hall–Kier alpha value is -4.82. The maximum Gasteiger partial charge on any atom is 0.122 e. The second-order valence-electron chi connectivity index (χ2n) is 12.6. The summed E-state index contributed by atoms with van der Waals surface area (Å²) in [5.41, 5.74) is 4.81. The molecular formula is C44H42O6. The molecule has 0 saturated carbocycles. The van der Waals surface area contributed by atoms with Crippen LogP contribution < -0.4 is 0 Å². The average Bonchev–Trinajstić information content (AvgIpc) is 3.17. The fourth-order valence-corrected chi connectivity index (χ4v) is 6.60. The predicted octanol–water partition coefficient (Wildman–Crippen LogP) is 8.96. The van der Waals surface area contributed by atoms with Gasteiger partial charge in [-0.3, -0.25) is 0 Å². The Labute approximate surface area is 293 Å². The molecule has 0 bridgehead atoms. The van der Waals surface area contributed by atoms with Gasteiger partial charge in [0.05, 0.1) is 33.0 Å². The van der Waals surface area contributed by atoms with Crippen LogP contribution >= 0.6 is 0 Å². The van der Waals surface area contributed by atoms with Crippen LogP contribution in [0.1, 0.15) is 33.9 Å². The molecule has 0 radical (unpaired) electrons. The molecule has 6 heteroatoms. The lowest BCUT2D eigenvalue weighted by Crippen LogP contribution is -2.58. The number of phenols is 1. The van der Waals surface area contributed by atoms with Crippen molar-refractivity contribution in [1.82, 2.24) is 0 Å². The first-order chi connectivity index (χ1) is 24.7. The molecule has 0 unspecified atom stereocenters. The minimum Gasteiger partial charge on any atom is -0.508 e. The summed E-state index contributed by atoms with van der Waals surface area (Å²) in [5, 5.41) is 13.4. The summed E-state index contributed by atoms with van der Waals surface area (Å²) in [5.74, 6) is 0.136. The molecule has 7 rings (SSSR count). The van der Waals surface area contributed by atoms with Gasteiger partial charge in [-0.15, -0.1) is 0 Å². The van der Waals surface area contributed by atoms with Crippen molar-refractivity contribution in [2.75, 3.05) is 6.61 Å². The molecule has 6 nitrogen and oxygen atoms in total. The van der Waals surface area contributed by atoms with Gasteiger partial charge in [0, 0.05) is 5.56 Å². The zero-order chi connectivity index (χ0) is 34.0. The average molecular weight is 667 g/mol. The van der Waals surface area contributed by atoms with Crippen LogP contribution in [0.25, 0.3) is 10.8 Å². The van der Waals surface area contributed by atoms with E-state index < -0.39 is 30.5 Å². The van der Waals surface area contributed by atoms with Gasteiger partial charge in [-0.2, -0.15) is 0 Å². The quantitative estimate of drug-likeness (QED) is 0.125. The smallest absolute Gasteiger partial charge is 0.122 e. The van der Waals surface area contributed by atoms with Gasteiger partial charge < -0.3 is 28.8 Å². The van der Waals surface area contributed by atoms with E-state index in [4.69, 9.17) is 23.7 Å². The molecule has 0 amide bonds. The number of hydrogen-bond donors (Lipinski definition) is 1. The summed E-state index contributed by atoms with van der Waals surface area (Å²) in [4.78, 5) is 0. The molecule has 50 heavy (non-hydrogen) atoms. The first-order valence-corrected chi connectivity index (χ1v) is 17.2. The number of phenolic OH excluding ortho intramolecular Hbond substituents is 1. The summed E-state index contributed by atoms with van der Waals surface area (Å²) in [6, 6.07) is 52.0. The van der Waals surface area contributed by atoms with Crippen molar-refractivity contribution in [2.24, 2.45) is 0 Å². The molecule has 1 aliphatic heterocycles. The third-order valence-corrected chi connectivity index (χ3v) is 9.12. The minimum absolute atomic E-state index is 0.136. The van der Waals surface area contributed by atoms with Gasteiger partial charge in [-0.05, 0) is 39.1 Å². The van der Waals surface area contributed by atoms with Gasteiger partial charge in [0.15, 0.2) is 0 Å². The second kappa shape index (κ2) is 16.7. The lowest BCUT2D eigenvalue weighted by molar-refractivity contribution is -0.275. The van der Waals surface area contributed by atoms with E-state index in [-0.39, 0.29) is 12.4 Å². The highest BCUT2D eigenvalue weighted by Crippen LogP contribution is 2.44. The lowest BCUT2D eigenvalue weighted by Gasteiger charge is -2.46. The first kappa shape index (κ1) is 33.7. The summed E-state index contributed by atoms with van der Waals surface area (Å²) < 4.78 is 34.0. The van der Waals surface area contributed by atoms with E-state index in [0.29, 0.717) is 32.0 Å². The molecule has 0 aliphatic carbocycles. The van der Waals surface area contributed by atoms with Gasteiger partial charge in [-0.1, -0.05) is 152 Å². The minimum atomic E-state index is -0.701. The standard InChI is InChI=1S/C44H42O6/c45-38-26-25-36-23-13-14-24-37(36)40(38)42-44(49-30-35-21-11-4-12-22-35)43(48-29-34-19-9-3-10-20-34)41(47-28-33-17-7-2-8-18-33)39(50-42)31-46-27-32-15-5-1-6-16-32/h1-26,39,41-45H,27-31H2/t39-,41+,42+,43+,44+/m1/s1. The van der Waals surface area contributed by atoms with Crippen LogP contribution in [0.2, 0.25) is 0 Å². The van der Waals surface area contributed by atoms with Gasteiger partial charge in [0.25, 0.3) is 0 Å². The first-order valence-electron chi connectivity index (χ1n) is 17.2. The Kier molecular flexibility index (Phi) is 11.3. The molecule has 6 aromatic rings. The molecule has 6 aromatic carbocycles. The van der Waals surface area contributed by atoms with E-state index in [9.17, 15) is 5.11 Å². The molecule has 1 saturated heterocycles. The van der Waals surface area contributed by atoms with Gasteiger partial charge in [-0.25, -0.2) is 0 Å². The van der Waals surface area contributed by atoms with E-state index in [2.05, 4.69) is 0 Å². The van der Waals surface area contributed by atoms with E-state index in [1.165, 1.54) is 0 Å². The Morgan fingerprint density at radius 1 is 0.460 bits per heavy atom. The Balaban J connectivity index is 1.29. The summed E-state index contributed by atoms with van der Waals surface area (Å²) in [6.45, 7) is 1.67. The number of rotatable bonds is 14. The van der Waals surface area contributed by atoms with Crippen molar-refractivity contribution < 1.29 is 28.8 Å². The van der Waals surface area contributed by atoms with Crippen LogP contribution in [0.5, 0.6) is 5.75 Å². The molecule has 1 heterocycles. The van der Waals surface area contributed by atoms with Gasteiger partial charge in [0.1, 0.15) is 36.3 Å². The highest BCUT2D eigenvalue weighted by atomic mass is 16.6. The van der Waals surface area contributed by atoms with E-state index in [1.807, 2.05) is 152 Å². The largest absolute Gasteiger partial charge is 0.508 e. The lowest BCUT2D eigenvalue weighted by atomic mass is 9.87. The van der Waals surface area contributed by atoms with E-state index in [1.54, 1.807) is 6.07 Å². The molecule has 5 atom stereocenters. The van der Waals surface area contributed by atoms with Crippen molar-refractivity contribution in [1.29, 1.82) is 0 Å². The highest BCUT2D eigenvalue weighted by molar-refractivity contribution is 5.88. The van der Waals surface area contributed by atoms with Crippen molar-refractivity contribution in [3.05, 3.63) is 186 Å². The van der Waals surface area contributed by atoms with Crippen molar-refractivity contribution >= 4 is 10.8 Å². The number of ether oxygens (including phenoxy) is 5. The number of aromatic hydroxyl groups is 1. The molecule has 1 aliphatic rings. The molecular weight excluding hydrogens is 624 g/mol. The third-order valence-electron chi connectivity index (χ3n) is 9.12. The fourth-order valence-electron chi connectivity index (χ4n) is 6.60.